The Morgan fingerprint density at radius 1 is 0.968 bits per heavy atom. The van der Waals surface area contributed by atoms with E-state index in [0.717, 1.165) is 5.69 Å². The largest absolute Gasteiger partial charge is 0.464 e. The lowest BCUT2D eigenvalue weighted by molar-refractivity contribution is -0.144. The van der Waals surface area contributed by atoms with E-state index in [9.17, 15) is 19.2 Å². The number of esters is 2. The Labute approximate surface area is 180 Å². The monoisotopic (exact) mass is 426 g/mol. The number of rotatable bonds is 9. The molecule has 0 radical (unpaired) electrons. The number of hydrogen-bond acceptors (Lipinski definition) is 6. The maximum Gasteiger partial charge on any atom is 0.339 e. The molecule has 1 aromatic carbocycles. The summed E-state index contributed by atoms with van der Waals surface area (Å²) in [4.78, 5) is 50.1. The Balaban J connectivity index is 1.44. The minimum atomic E-state index is -0.419. The second kappa shape index (κ2) is 9.59. The molecule has 1 aromatic heterocycles. The summed E-state index contributed by atoms with van der Waals surface area (Å²) in [6.07, 6.45) is 1.06. The van der Waals surface area contributed by atoms with Crippen molar-refractivity contribution < 1.29 is 28.7 Å². The van der Waals surface area contributed by atoms with Gasteiger partial charge in [0.25, 0.3) is 11.8 Å². The molecule has 3 rings (SSSR count). The van der Waals surface area contributed by atoms with Crippen LogP contribution in [0, 0.1) is 13.8 Å². The Morgan fingerprint density at radius 3 is 2.23 bits per heavy atom. The molecule has 8 nitrogen and oxygen atoms in total. The number of nitrogens with zero attached hydrogens (tertiary/aromatic N) is 2. The van der Waals surface area contributed by atoms with Crippen LogP contribution in [0.15, 0.2) is 30.3 Å². The van der Waals surface area contributed by atoms with Gasteiger partial charge in [0.2, 0.25) is 0 Å². The molecule has 0 N–H and O–H groups in total. The molecule has 0 saturated heterocycles. The summed E-state index contributed by atoms with van der Waals surface area (Å²) in [7, 11) is 0. The first kappa shape index (κ1) is 22.3. The smallest absolute Gasteiger partial charge is 0.339 e. The zero-order valence-corrected chi connectivity index (χ0v) is 18.0. The van der Waals surface area contributed by atoms with Gasteiger partial charge in [-0.3, -0.25) is 19.3 Å². The second-order valence-electron chi connectivity index (χ2n) is 7.33. The first-order valence-corrected chi connectivity index (χ1v) is 10.3. The highest BCUT2D eigenvalue weighted by molar-refractivity contribution is 6.21. The molecule has 0 fully saturated rings. The number of hydrogen-bond donors (Lipinski definition) is 0. The number of carbonyl (C=O) groups is 4. The number of imide groups is 1. The van der Waals surface area contributed by atoms with Gasteiger partial charge in [-0.25, -0.2) is 4.79 Å². The van der Waals surface area contributed by atoms with Crippen LogP contribution >= 0.6 is 0 Å². The Morgan fingerprint density at radius 2 is 1.61 bits per heavy atom. The van der Waals surface area contributed by atoms with Gasteiger partial charge in [0.1, 0.15) is 6.54 Å². The Bertz CT molecular complexity index is 988. The van der Waals surface area contributed by atoms with Crippen LogP contribution < -0.4 is 0 Å². The van der Waals surface area contributed by atoms with Crippen LogP contribution in [-0.2, 0) is 20.8 Å². The molecule has 0 bridgehead atoms. The third-order valence-electron chi connectivity index (χ3n) is 5.27. The number of amides is 2. The van der Waals surface area contributed by atoms with Gasteiger partial charge in [-0.2, -0.15) is 0 Å². The molecule has 1 aliphatic rings. The fourth-order valence-electron chi connectivity index (χ4n) is 3.63. The molecule has 31 heavy (non-hydrogen) atoms. The van der Waals surface area contributed by atoms with Gasteiger partial charge in [-0.1, -0.05) is 12.1 Å². The standard InChI is InChI=1S/C23H26N2O6/c1-4-30-23(29)19-13-15(2)25(16(19)3)14-20(26)31-12-8-7-11-24-21(27)17-9-5-6-10-18(17)22(24)28/h5-6,9-10,13H,4,7-8,11-12,14H2,1-3H3. The maximum atomic E-state index is 12.3. The predicted octanol–water partition coefficient (Wildman–Crippen LogP) is 2.90. The molecule has 2 aromatic rings. The Hall–Kier alpha value is -3.42. The lowest BCUT2D eigenvalue weighted by atomic mass is 10.1. The van der Waals surface area contributed by atoms with E-state index in [-0.39, 0.29) is 38.1 Å². The van der Waals surface area contributed by atoms with Crippen LogP contribution in [0.3, 0.4) is 0 Å². The van der Waals surface area contributed by atoms with E-state index in [1.54, 1.807) is 48.7 Å². The van der Waals surface area contributed by atoms with Gasteiger partial charge in [-0.05, 0) is 51.8 Å². The van der Waals surface area contributed by atoms with E-state index < -0.39 is 11.9 Å². The van der Waals surface area contributed by atoms with Crippen molar-refractivity contribution in [3.05, 3.63) is 58.4 Å². The summed E-state index contributed by atoms with van der Waals surface area (Å²) >= 11 is 0. The number of aromatic nitrogens is 1. The third kappa shape index (κ3) is 4.68. The average molecular weight is 426 g/mol. The van der Waals surface area contributed by atoms with E-state index >= 15 is 0 Å². The molecule has 0 spiro atoms. The van der Waals surface area contributed by atoms with Crippen molar-refractivity contribution in [2.45, 2.75) is 40.2 Å². The fourth-order valence-corrected chi connectivity index (χ4v) is 3.63. The summed E-state index contributed by atoms with van der Waals surface area (Å²) in [5.41, 5.74) is 2.71. The normalized spacial score (nSPS) is 12.8. The number of ether oxygens (including phenoxy) is 2. The highest BCUT2D eigenvalue weighted by Gasteiger charge is 2.34. The molecule has 0 saturated carbocycles. The quantitative estimate of drug-likeness (QED) is 0.348. The molecular formula is C23H26N2O6. The van der Waals surface area contributed by atoms with E-state index in [0.29, 0.717) is 35.2 Å². The van der Waals surface area contributed by atoms with Crippen LogP contribution in [0.5, 0.6) is 0 Å². The van der Waals surface area contributed by atoms with Crippen molar-refractivity contribution in [2.24, 2.45) is 0 Å². The van der Waals surface area contributed by atoms with Gasteiger partial charge >= 0.3 is 11.9 Å². The molecule has 0 atom stereocenters. The summed E-state index contributed by atoms with van der Waals surface area (Å²) in [6, 6.07) is 8.46. The van der Waals surface area contributed by atoms with Gasteiger partial charge < -0.3 is 14.0 Å². The van der Waals surface area contributed by atoms with Crippen LogP contribution in [-0.4, -0.2) is 53.0 Å². The maximum absolute atomic E-state index is 12.3. The van der Waals surface area contributed by atoms with Crippen molar-refractivity contribution in [1.29, 1.82) is 0 Å². The van der Waals surface area contributed by atoms with Crippen molar-refractivity contribution in [2.75, 3.05) is 19.8 Å². The molecule has 2 amide bonds. The summed E-state index contributed by atoms with van der Waals surface area (Å²) in [6.45, 7) is 6.05. The molecule has 164 valence electrons. The van der Waals surface area contributed by atoms with Crippen molar-refractivity contribution in [3.8, 4) is 0 Å². The zero-order valence-electron chi connectivity index (χ0n) is 18.0. The summed E-state index contributed by atoms with van der Waals surface area (Å²) < 4.78 is 12.0. The molecule has 8 heteroatoms. The SMILES string of the molecule is CCOC(=O)c1cc(C)n(CC(=O)OCCCCN2C(=O)c3ccccc3C2=O)c1C. The number of benzene rings is 1. The summed E-state index contributed by atoms with van der Waals surface area (Å²) in [5.74, 6) is -1.40. The number of unbranched alkanes of at least 4 members (excludes halogenated alkanes) is 1. The lowest BCUT2D eigenvalue weighted by Crippen LogP contribution is -2.30. The van der Waals surface area contributed by atoms with E-state index in [1.165, 1.54) is 4.90 Å². The van der Waals surface area contributed by atoms with Crippen LogP contribution in [0.4, 0.5) is 0 Å². The predicted molar refractivity (Wildman–Crippen MR) is 112 cm³/mol. The third-order valence-corrected chi connectivity index (χ3v) is 5.27. The van der Waals surface area contributed by atoms with Crippen molar-refractivity contribution in [3.63, 3.8) is 0 Å². The summed E-state index contributed by atoms with van der Waals surface area (Å²) in [5, 5.41) is 0. The molecular weight excluding hydrogens is 400 g/mol. The average Bonchev–Trinajstić information content (AvgIpc) is 3.16. The highest BCUT2D eigenvalue weighted by atomic mass is 16.5. The van der Waals surface area contributed by atoms with Crippen LogP contribution in [0.2, 0.25) is 0 Å². The highest BCUT2D eigenvalue weighted by Crippen LogP contribution is 2.22. The van der Waals surface area contributed by atoms with Crippen LogP contribution in [0.1, 0.15) is 62.2 Å². The van der Waals surface area contributed by atoms with Crippen LogP contribution in [0.25, 0.3) is 0 Å². The number of fused-ring (bicyclic) bond motifs is 1. The topological polar surface area (TPSA) is 94.9 Å². The van der Waals surface area contributed by atoms with Gasteiger partial charge in [-0.15, -0.1) is 0 Å². The zero-order chi connectivity index (χ0) is 22.5. The second-order valence-corrected chi connectivity index (χ2v) is 7.33. The molecule has 0 unspecified atom stereocenters. The fraction of sp³-hybridized carbons (Fsp3) is 0.391. The minimum absolute atomic E-state index is 0.00449. The first-order chi connectivity index (χ1) is 14.8. The van der Waals surface area contributed by atoms with Crippen molar-refractivity contribution in [1.82, 2.24) is 9.47 Å². The number of carbonyl (C=O) groups excluding carboxylic acids is 4. The van der Waals surface area contributed by atoms with E-state index in [4.69, 9.17) is 9.47 Å². The molecule has 0 aliphatic carbocycles. The molecule has 1 aliphatic heterocycles. The number of aryl methyl sites for hydroxylation is 1. The van der Waals surface area contributed by atoms with Gasteiger partial charge in [0.15, 0.2) is 0 Å². The van der Waals surface area contributed by atoms with Gasteiger partial charge in [0, 0.05) is 17.9 Å². The Kier molecular flexibility index (Phi) is 6.89. The lowest BCUT2D eigenvalue weighted by Gasteiger charge is -2.14. The first-order valence-electron chi connectivity index (χ1n) is 10.3. The van der Waals surface area contributed by atoms with Gasteiger partial charge in [0.05, 0.1) is 29.9 Å². The van der Waals surface area contributed by atoms with E-state index in [1.807, 2.05) is 6.92 Å². The minimum Gasteiger partial charge on any atom is -0.464 e. The van der Waals surface area contributed by atoms with E-state index in [2.05, 4.69) is 0 Å². The van der Waals surface area contributed by atoms with Crippen molar-refractivity contribution >= 4 is 23.8 Å². The molecule has 2 heterocycles.